The lowest BCUT2D eigenvalue weighted by atomic mass is 10.1. The number of carboxylic acids is 1. The molecule has 4 atom stereocenters. The van der Waals surface area contributed by atoms with Gasteiger partial charge in [-0.25, -0.2) is 38.9 Å². The molecule has 8 aromatic carbocycles. The fourth-order valence-electron chi connectivity index (χ4n) is 11.0. The Balaban J connectivity index is 0.000000304. The summed E-state index contributed by atoms with van der Waals surface area (Å²) in [4.78, 5) is 110. The number of esters is 2. The second kappa shape index (κ2) is 43.9. The number of amidine groups is 1. The van der Waals surface area contributed by atoms with Crippen LogP contribution in [0, 0.1) is 5.41 Å². The minimum atomic E-state index is -0.972. The molecule has 612 valence electrons. The number of ether oxygens (including phenoxy) is 9. The molecule has 0 bridgehead atoms. The molecule has 5 heterocycles. The van der Waals surface area contributed by atoms with E-state index in [1.54, 1.807) is 117 Å². The molecule has 0 spiro atoms. The summed E-state index contributed by atoms with van der Waals surface area (Å²) in [5, 5.41) is 26.9. The van der Waals surface area contributed by atoms with Crippen LogP contribution in [0.4, 0.5) is 9.59 Å². The summed E-state index contributed by atoms with van der Waals surface area (Å²) in [6.45, 7) is 10.8. The number of hydrogen-bond acceptors (Lipinski definition) is 22. The highest BCUT2D eigenvalue weighted by Crippen LogP contribution is 2.34. The number of halogens is 1. The minimum absolute atomic E-state index is 0. The van der Waals surface area contributed by atoms with Crippen LogP contribution >= 0.6 is 15.9 Å². The van der Waals surface area contributed by atoms with Crippen LogP contribution in [-0.4, -0.2) is 177 Å². The molecule has 2 aliphatic heterocycles. The number of amides is 2. The summed E-state index contributed by atoms with van der Waals surface area (Å²) in [6, 6.07) is 57.2. The molecule has 7 N–H and O–H groups in total. The van der Waals surface area contributed by atoms with E-state index in [2.05, 4.69) is 45.6 Å². The number of methoxy groups -OCH3 is 6. The zero-order chi connectivity index (χ0) is 80.7. The van der Waals surface area contributed by atoms with Crippen LogP contribution < -0.4 is 40.5 Å². The summed E-state index contributed by atoms with van der Waals surface area (Å²) in [7, 11) is 8.76. The van der Waals surface area contributed by atoms with Gasteiger partial charge in [-0.05, 0) is 130 Å². The van der Waals surface area contributed by atoms with Crippen LogP contribution in [0.2, 0.25) is 0 Å². The fraction of sp³-hybridized carbons (Fsp3) is 0.302. The second-order valence-electron chi connectivity index (χ2n) is 26.6. The summed E-state index contributed by atoms with van der Waals surface area (Å²) in [5.41, 5.74) is 9.11. The Labute approximate surface area is 677 Å². The Morgan fingerprint density at radius 3 is 1.26 bits per heavy atom. The number of benzene rings is 8. The van der Waals surface area contributed by atoms with Gasteiger partial charge in [0, 0.05) is 39.6 Å². The summed E-state index contributed by atoms with van der Waals surface area (Å²) in [5.74, 6) is 2.54. The van der Waals surface area contributed by atoms with Crippen molar-refractivity contribution in [1.29, 1.82) is 5.41 Å². The number of carboxylic acid groups (broad SMARTS) is 1. The van der Waals surface area contributed by atoms with Crippen LogP contribution in [0.15, 0.2) is 208 Å². The molecule has 2 aliphatic rings. The molecule has 3 aromatic heterocycles. The topological polar surface area (TPSA) is 383 Å². The van der Waals surface area contributed by atoms with Crippen LogP contribution in [0.25, 0.3) is 66.9 Å². The van der Waals surface area contributed by atoms with E-state index in [-0.39, 0.29) is 78.2 Å². The highest BCUT2D eigenvalue weighted by molar-refractivity contribution is 9.10. The maximum absolute atomic E-state index is 12.8. The number of nitrogens with two attached hydrogens (primary N) is 1. The number of nitrogen functional groups attached to an aromatic ring is 1. The SMILES string of the molecule is C.C.C.C.COC(=O)[C@@H]1C[C@@H](O)CN1C(=O)OC(C)(C)C.COC(=O)[C@@H]1C[C@@H](Oc2nc(-c3ccccc3)nc3ccc(OC)cc23)CN1C(=O)OC(C)(C)C.COc1ccc(Br)c(C(=O)O)c1.COc1ccc2nc(-c3ccccc3)[nH]c(=O)c2c1.COc1ccc2nc(-c3ccccc3)[nH]c(=O)c2c1.N=C(N)c1ccccc1. The van der Waals surface area contributed by atoms with E-state index in [9.17, 15) is 38.7 Å². The van der Waals surface area contributed by atoms with Gasteiger partial charge < -0.3 is 68.5 Å². The maximum Gasteiger partial charge on any atom is 0.411 e. The van der Waals surface area contributed by atoms with E-state index in [0.717, 1.165) is 22.3 Å². The number of carbonyl (C=O) groups is 5. The Bertz CT molecular complexity index is 5030. The van der Waals surface area contributed by atoms with Crippen molar-refractivity contribution in [2.75, 3.05) is 55.7 Å². The molecule has 0 saturated carbocycles. The first-order chi connectivity index (χ1) is 52.9. The third-order valence-corrected chi connectivity index (χ3v) is 17.0. The van der Waals surface area contributed by atoms with E-state index in [1.165, 1.54) is 37.2 Å². The number of carbonyl (C=O) groups excluding carboxylic acids is 4. The predicted molar refractivity (Wildman–Crippen MR) is 449 cm³/mol. The average Bonchev–Trinajstić information content (AvgIpc) is 1.63. The molecule has 115 heavy (non-hydrogen) atoms. The van der Waals surface area contributed by atoms with Gasteiger partial charge in [-0.3, -0.25) is 24.8 Å². The standard InChI is InChI=1S/C26H29N3O6.2C15H12N2O2.C11H19NO5.C8H7BrO3.C7H8N2.4CH4/c1-26(2,3)35-25(31)29-15-18(14-21(29)24(30)33-5)34-23-19-13-17(32-4)11-12-20(19)27-22(28-23)16-9-7-6-8-10-16;2*1-19-11-7-8-13-12(9-11)15(18)17-14(16-13)10-5-3-2-4-6-10;1-11(2,3)17-10(15)12-6-7(13)5-8(12)9(14)16-4;1-12-5-2-3-7(9)6(4-5)8(10)11;8-7(9)6-4-2-1-3-5-6;;;;/h6-13,18,21H,14-15H2,1-5H3;2*2-9H,1H3,(H,16,17,18);7-8,13H,5-6H2,1-4H3;2-4H,1H3,(H,10,11);1-5H,(H3,8,9);4*1H4/t18-,21+;;;7-,8+;;;;;;/m1..1....../s1. The largest absolute Gasteiger partial charge is 0.497 e. The molecule has 29 heteroatoms. The molecule has 0 radical (unpaired) electrons. The molecule has 2 saturated heterocycles. The first-order valence-corrected chi connectivity index (χ1v) is 35.4. The quantitative estimate of drug-likeness (QED) is 0.0270. The van der Waals surface area contributed by atoms with Crippen molar-refractivity contribution in [3.05, 3.63) is 230 Å². The van der Waals surface area contributed by atoms with Crippen LogP contribution in [-0.2, 0) is 28.5 Å². The predicted octanol–water partition coefficient (Wildman–Crippen LogP) is 15.6. The third-order valence-electron chi connectivity index (χ3n) is 16.3. The monoisotopic (exact) mass is 1640 g/mol. The fourth-order valence-corrected chi connectivity index (χ4v) is 11.4. The Hall–Kier alpha value is -12.8. The van der Waals surface area contributed by atoms with Crippen molar-refractivity contribution in [3.8, 4) is 63.0 Å². The number of fused-ring (bicyclic) bond motifs is 3. The number of nitrogens with zero attached hydrogens (tertiary/aromatic N) is 6. The van der Waals surface area contributed by atoms with E-state index >= 15 is 0 Å². The summed E-state index contributed by atoms with van der Waals surface area (Å²) >= 11 is 3.12. The number of aromatic nitrogens is 6. The zero-order valence-corrected chi connectivity index (χ0v) is 64.8. The average molecular weight is 1640 g/mol. The number of hydrogen-bond donors (Lipinski definition) is 6. The highest BCUT2D eigenvalue weighted by atomic mass is 79.9. The lowest BCUT2D eigenvalue weighted by molar-refractivity contribution is -0.146. The van der Waals surface area contributed by atoms with Gasteiger partial charge in [0.2, 0.25) is 5.88 Å². The van der Waals surface area contributed by atoms with Gasteiger partial charge in [-0.2, -0.15) is 4.98 Å². The number of β-amino-alcohol motifs (C(OH)–C–C–N with tert-alkyl or cyclic N) is 1. The van der Waals surface area contributed by atoms with Gasteiger partial charge in [-0.1, -0.05) is 151 Å². The molecule has 28 nitrogen and oxygen atoms in total. The van der Waals surface area contributed by atoms with Crippen molar-refractivity contribution in [3.63, 3.8) is 0 Å². The molecule has 13 rings (SSSR count). The minimum Gasteiger partial charge on any atom is -0.497 e. The number of H-pyrrole nitrogens is 2. The molecular formula is C86H103BrN10O18. The van der Waals surface area contributed by atoms with E-state index in [0.29, 0.717) is 83.5 Å². The van der Waals surface area contributed by atoms with Crippen molar-refractivity contribution >= 4 is 84.6 Å². The molecule has 11 aromatic rings. The van der Waals surface area contributed by atoms with Crippen molar-refractivity contribution < 1.29 is 76.8 Å². The van der Waals surface area contributed by atoms with E-state index < -0.39 is 65.6 Å². The normalized spacial score (nSPS) is 14.2. The first-order valence-electron chi connectivity index (χ1n) is 34.6. The third kappa shape index (κ3) is 26.7. The first kappa shape index (κ1) is 94.6. The number of aromatic carboxylic acids is 1. The zero-order valence-electron chi connectivity index (χ0n) is 63.2. The number of aliphatic hydroxyl groups is 1. The molecule has 0 aliphatic carbocycles. The molecule has 2 amide bonds. The Morgan fingerprint density at radius 1 is 0.496 bits per heavy atom. The van der Waals surface area contributed by atoms with Gasteiger partial charge in [0.25, 0.3) is 11.1 Å². The smallest absolute Gasteiger partial charge is 0.411 e. The van der Waals surface area contributed by atoms with Crippen molar-refractivity contribution in [2.45, 2.75) is 120 Å². The summed E-state index contributed by atoms with van der Waals surface area (Å²) < 4.78 is 47.5. The number of aliphatic hydroxyl groups excluding tert-OH is 1. The van der Waals surface area contributed by atoms with Gasteiger partial charge in [-0.15, -0.1) is 0 Å². The van der Waals surface area contributed by atoms with Crippen LogP contribution in [0.1, 0.15) is 100 Å². The number of likely N-dealkylation sites (tertiary alicyclic amines) is 2. The number of nitrogens with one attached hydrogen (secondary N) is 3. The molecule has 0 unspecified atom stereocenters. The Morgan fingerprint density at radius 2 is 0.870 bits per heavy atom. The summed E-state index contributed by atoms with van der Waals surface area (Å²) in [6.07, 6.45) is -2.01. The van der Waals surface area contributed by atoms with Crippen LogP contribution in [0.5, 0.6) is 28.9 Å². The van der Waals surface area contributed by atoms with Gasteiger partial charge in [0.15, 0.2) is 5.82 Å². The lowest BCUT2D eigenvalue weighted by Gasteiger charge is -2.27. The Kier molecular flexibility index (Phi) is 36.1. The van der Waals surface area contributed by atoms with Gasteiger partial charge in [0.05, 0.1) is 100 Å². The van der Waals surface area contributed by atoms with Crippen molar-refractivity contribution in [2.24, 2.45) is 5.73 Å². The van der Waals surface area contributed by atoms with Crippen molar-refractivity contribution in [1.82, 2.24) is 39.7 Å². The lowest BCUT2D eigenvalue weighted by Crippen LogP contribution is -2.44. The van der Waals surface area contributed by atoms with E-state index in [4.69, 9.17) is 59.1 Å². The number of aromatic amines is 2. The highest BCUT2D eigenvalue weighted by Gasteiger charge is 2.44. The molecule has 2 fully saturated rings. The van der Waals surface area contributed by atoms with E-state index in [1.807, 2.05) is 133 Å². The van der Waals surface area contributed by atoms with Gasteiger partial charge in [0.1, 0.15) is 69.9 Å². The van der Waals surface area contributed by atoms with Crippen LogP contribution in [0.3, 0.4) is 0 Å². The van der Waals surface area contributed by atoms with Gasteiger partial charge >= 0.3 is 30.1 Å². The number of rotatable bonds is 13. The molecular weight excluding hydrogens is 1540 g/mol. The maximum atomic E-state index is 12.8. The second-order valence-corrected chi connectivity index (χ2v) is 27.4.